The lowest BCUT2D eigenvalue weighted by Crippen LogP contribution is -2.47. The van der Waals surface area contributed by atoms with Gasteiger partial charge in [0.2, 0.25) is 10.0 Å². The van der Waals surface area contributed by atoms with Gasteiger partial charge >= 0.3 is 0 Å². The summed E-state index contributed by atoms with van der Waals surface area (Å²) in [4.78, 5) is 4.26. The van der Waals surface area contributed by atoms with Crippen molar-refractivity contribution in [3.8, 4) is 0 Å². The molecule has 1 aliphatic rings. The number of piperidine rings is 1. The van der Waals surface area contributed by atoms with Gasteiger partial charge in [-0.1, -0.05) is 18.2 Å². The Bertz CT molecular complexity index is 751. The fraction of sp³-hybridized carbons (Fsp3) is 0.467. The molecule has 2 heterocycles. The molecule has 1 saturated heterocycles. The lowest BCUT2D eigenvalue weighted by atomic mass is 10.1. The standard InChI is InChI=1S/C15H21N5O2S.ClH/c1-16-14-6-4-8-20(10-14)23(21,22)15-7-3-2-5-13(15)9-19-12-17-11-18-19;/h2-3,5,7,11-12,14,16H,4,6,8-10H2,1H3;1H. The fourth-order valence-electron chi connectivity index (χ4n) is 2.91. The number of sulfonamides is 1. The van der Waals surface area contributed by atoms with Crippen LogP contribution in [0.2, 0.25) is 0 Å². The maximum absolute atomic E-state index is 13.1. The molecule has 1 unspecified atom stereocenters. The van der Waals surface area contributed by atoms with Gasteiger partial charge in [-0.15, -0.1) is 12.4 Å². The number of aromatic nitrogens is 3. The second-order valence-electron chi connectivity index (χ2n) is 5.69. The quantitative estimate of drug-likeness (QED) is 0.851. The summed E-state index contributed by atoms with van der Waals surface area (Å²) >= 11 is 0. The summed E-state index contributed by atoms with van der Waals surface area (Å²) in [5.41, 5.74) is 0.726. The molecule has 1 aromatic carbocycles. The maximum Gasteiger partial charge on any atom is 0.243 e. The summed E-state index contributed by atoms with van der Waals surface area (Å²) < 4.78 is 29.3. The average Bonchev–Trinajstić information content (AvgIpc) is 3.08. The Hall–Kier alpha value is -1.48. The van der Waals surface area contributed by atoms with E-state index in [0.717, 1.165) is 18.4 Å². The smallest absolute Gasteiger partial charge is 0.243 e. The van der Waals surface area contributed by atoms with E-state index in [-0.39, 0.29) is 18.4 Å². The summed E-state index contributed by atoms with van der Waals surface area (Å²) in [6.45, 7) is 1.47. The Balaban J connectivity index is 0.00000208. The largest absolute Gasteiger partial charge is 0.316 e. The van der Waals surface area contributed by atoms with E-state index in [2.05, 4.69) is 15.4 Å². The first-order valence-electron chi connectivity index (χ1n) is 7.69. The van der Waals surface area contributed by atoms with E-state index in [0.29, 0.717) is 24.5 Å². The van der Waals surface area contributed by atoms with Crippen molar-refractivity contribution in [1.82, 2.24) is 24.4 Å². The van der Waals surface area contributed by atoms with E-state index in [1.165, 1.54) is 6.33 Å². The molecule has 9 heteroatoms. The molecule has 1 atom stereocenters. The zero-order valence-corrected chi connectivity index (χ0v) is 15.1. The molecule has 0 radical (unpaired) electrons. The number of nitrogens with one attached hydrogen (secondary N) is 1. The third-order valence-electron chi connectivity index (χ3n) is 4.18. The normalized spacial score (nSPS) is 19.0. The van der Waals surface area contributed by atoms with Gasteiger partial charge < -0.3 is 5.32 Å². The molecular formula is C15H22ClN5O2S. The van der Waals surface area contributed by atoms with Gasteiger partial charge in [-0.05, 0) is 31.5 Å². The number of rotatable bonds is 5. The van der Waals surface area contributed by atoms with Crippen molar-refractivity contribution < 1.29 is 8.42 Å². The number of halogens is 1. The van der Waals surface area contributed by atoms with E-state index in [4.69, 9.17) is 0 Å². The molecule has 1 aromatic heterocycles. The average molecular weight is 372 g/mol. The van der Waals surface area contributed by atoms with Gasteiger partial charge in [-0.3, -0.25) is 0 Å². The lowest BCUT2D eigenvalue weighted by molar-refractivity contribution is 0.292. The first kappa shape index (κ1) is 18.9. The van der Waals surface area contributed by atoms with Crippen LogP contribution in [0.25, 0.3) is 0 Å². The molecule has 0 spiro atoms. The SMILES string of the molecule is CNC1CCCN(S(=O)(=O)c2ccccc2Cn2cncn2)C1.Cl. The van der Waals surface area contributed by atoms with Gasteiger partial charge in [0, 0.05) is 19.1 Å². The maximum atomic E-state index is 13.1. The number of hydrogen-bond acceptors (Lipinski definition) is 5. The molecule has 0 bridgehead atoms. The van der Waals surface area contributed by atoms with E-state index < -0.39 is 10.0 Å². The predicted molar refractivity (Wildman–Crippen MR) is 93.7 cm³/mol. The third kappa shape index (κ3) is 3.94. The van der Waals surface area contributed by atoms with Crippen LogP contribution in [0, 0.1) is 0 Å². The minimum absolute atomic E-state index is 0. The minimum atomic E-state index is -3.51. The Morgan fingerprint density at radius 1 is 1.33 bits per heavy atom. The van der Waals surface area contributed by atoms with E-state index in [9.17, 15) is 8.42 Å². The molecule has 0 saturated carbocycles. The molecule has 0 amide bonds. The zero-order valence-electron chi connectivity index (χ0n) is 13.5. The third-order valence-corrected chi connectivity index (χ3v) is 6.15. The van der Waals surface area contributed by atoms with Crippen molar-refractivity contribution in [3.63, 3.8) is 0 Å². The second kappa shape index (κ2) is 8.06. The Morgan fingerprint density at radius 3 is 2.83 bits per heavy atom. The van der Waals surface area contributed by atoms with Crippen molar-refractivity contribution in [2.45, 2.75) is 30.3 Å². The van der Waals surface area contributed by atoms with E-state index in [1.54, 1.807) is 27.4 Å². The topological polar surface area (TPSA) is 80.1 Å². The Labute approximate surface area is 148 Å². The summed E-state index contributed by atoms with van der Waals surface area (Å²) in [6.07, 6.45) is 4.90. The second-order valence-corrected chi connectivity index (χ2v) is 7.60. The van der Waals surface area contributed by atoms with Gasteiger partial charge in [0.15, 0.2) is 0 Å². The first-order chi connectivity index (χ1) is 11.1. The van der Waals surface area contributed by atoms with Crippen LogP contribution in [0.15, 0.2) is 41.8 Å². The number of benzene rings is 1. The van der Waals surface area contributed by atoms with E-state index in [1.807, 2.05) is 19.2 Å². The van der Waals surface area contributed by atoms with Crippen molar-refractivity contribution >= 4 is 22.4 Å². The highest BCUT2D eigenvalue weighted by Gasteiger charge is 2.31. The van der Waals surface area contributed by atoms with Gasteiger partial charge in [-0.2, -0.15) is 9.40 Å². The summed E-state index contributed by atoms with van der Waals surface area (Å²) in [5, 5.41) is 7.24. The molecule has 0 aliphatic carbocycles. The number of likely N-dealkylation sites (N-methyl/N-ethyl adjacent to an activating group) is 1. The lowest BCUT2D eigenvalue weighted by Gasteiger charge is -2.32. The predicted octanol–water partition coefficient (Wildman–Crippen LogP) is 1.12. The summed E-state index contributed by atoms with van der Waals surface area (Å²) in [7, 11) is -1.63. The molecule has 3 rings (SSSR count). The van der Waals surface area contributed by atoms with Crippen LogP contribution < -0.4 is 5.32 Å². The highest BCUT2D eigenvalue weighted by Crippen LogP contribution is 2.24. The summed E-state index contributed by atoms with van der Waals surface area (Å²) in [6, 6.07) is 7.31. The molecule has 1 N–H and O–H groups in total. The van der Waals surface area contributed by atoms with Gasteiger partial charge in [0.05, 0.1) is 11.4 Å². The Morgan fingerprint density at radius 2 is 2.12 bits per heavy atom. The molecule has 1 fully saturated rings. The highest BCUT2D eigenvalue weighted by atomic mass is 35.5. The first-order valence-corrected chi connectivity index (χ1v) is 9.13. The van der Waals surface area contributed by atoms with E-state index >= 15 is 0 Å². The highest BCUT2D eigenvalue weighted by molar-refractivity contribution is 7.89. The van der Waals surface area contributed by atoms with Crippen LogP contribution >= 0.6 is 12.4 Å². The monoisotopic (exact) mass is 371 g/mol. The Kier molecular flexibility index (Phi) is 6.34. The van der Waals surface area contributed by atoms with Crippen molar-refractivity contribution in [2.75, 3.05) is 20.1 Å². The van der Waals surface area contributed by atoms with Crippen LogP contribution in [0.1, 0.15) is 18.4 Å². The van der Waals surface area contributed by atoms with Crippen LogP contribution in [-0.4, -0.2) is 53.7 Å². The van der Waals surface area contributed by atoms with Gasteiger partial charge in [-0.25, -0.2) is 18.1 Å². The van der Waals surface area contributed by atoms with Crippen LogP contribution in [0.3, 0.4) is 0 Å². The number of hydrogen-bond donors (Lipinski definition) is 1. The van der Waals surface area contributed by atoms with Gasteiger partial charge in [0.25, 0.3) is 0 Å². The minimum Gasteiger partial charge on any atom is -0.316 e. The van der Waals surface area contributed by atoms with Crippen molar-refractivity contribution in [3.05, 3.63) is 42.5 Å². The van der Waals surface area contributed by atoms with Crippen molar-refractivity contribution in [1.29, 1.82) is 0 Å². The molecule has 2 aromatic rings. The number of nitrogens with zero attached hydrogens (tertiary/aromatic N) is 4. The molecular weight excluding hydrogens is 350 g/mol. The molecule has 24 heavy (non-hydrogen) atoms. The molecule has 7 nitrogen and oxygen atoms in total. The molecule has 132 valence electrons. The van der Waals surface area contributed by atoms with Gasteiger partial charge in [0.1, 0.15) is 12.7 Å². The van der Waals surface area contributed by atoms with Crippen LogP contribution in [-0.2, 0) is 16.6 Å². The van der Waals surface area contributed by atoms with Crippen LogP contribution in [0.5, 0.6) is 0 Å². The van der Waals surface area contributed by atoms with Crippen LogP contribution in [0.4, 0.5) is 0 Å². The fourth-order valence-corrected chi connectivity index (χ4v) is 4.65. The molecule has 1 aliphatic heterocycles. The van der Waals surface area contributed by atoms with Crippen molar-refractivity contribution in [2.24, 2.45) is 0 Å². The zero-order chi connectivity index (χ0) is 16.3. The summed E-state index contributed by atoms with van der Waals surface area (Å²) in [5.74, 6) is 0.